The molecule has 8 nitrogen and oxygen atoms in total. The van der Waals surface area contributed by atoms with Crippen LogP contribution in [0.1, 0.15) is 63.0 Å². The van der Waals surface area contributed by atoms with Crippen LogP contribution in [0.5, 0.6) is 0 Å². The normalized spacial score (nSPS) is 17.3. The number of primary amides is 1. The molecule has 0 bridgehead atoms. The molecule has 0 aromatic carbocycles. The first-order valence-corrected chi connectivity index (χ1v) is 11.2. The van der Waals surface area contributed by atoms with E-state index in [1.165, 1.54) is 0 Å². The molecule has 2 rings (SSSR count). The summed E-state index contributed by atoms with van der Waals surface area (Å²) in [6.07, 6.45) is 6.07. The van der Waals surface area contributed by atoms with Gasteiger partial charge in [-0.15, -0.1) is 0 Å². The fourth-order valence-corrected chi connectivity index (χ4v) is 5.23. The summed E-state index contributed by atoms with van der Waals surface area (Å²) in [5.41, 5.74) is 5.66. The molecule has 148 valence electrons. The van der Waals surface area contributed by atoms with Crippen LogP contribution in [0.25, 0.3) is 0 Å². The highest BCUT2D eigenvalue weighted by Crippen LogP contribution is 2.52. The Labute approximate surface area is 155 Å². The molecule has 26 heavy (non-hydrogen) atoms. The van der Waals surface area contributed by atoms with Gasteiger partial charge in [0, 0.05) is 25.3 Å². The average Bonchev–Trinajstić information content (AvgIpc) is 3.03. The number of amides is 1. The van der Waals surface area contributed by atoms with Crippen LogP contribution < -0.4 is 10.6 Å². The zero-order valence-electron chi connectivity index (χ0n) is 16.0. The van der Waals surface area contributed by atoms with Crippen molar-refractivity contribution < 1.29 is 18.4 Å². The van der Waals surface area contributed by atoms with Crippen molar-refractivity contribution in [1.29, 1.82) is 0 Å². The summed E-state index contributed by atoms with van der Waals surface area (Å²) in [4.78, 5) is 18.2. The molecule has 0 saturated carbocycles. The number of carbonyl (C=O) groups excluding carboxylic acids is 1. The van der Waals surface area contributed by atoms with Crippen molar-refractivity contribution in [3.63, 3.8) is 0 Å². The largest absolute Gasteiger partial charge is 0.364 e. The van der Waals surface area contributed by atoms with Gasteiger partial charge in [0.05, 0.1) is 19.4 Å². The van der Waals surface area contributed by atoms with Gasteiger partial charge in [-0.05, 0) is 26.7 Å². The number of aromatic nitrogens is 2. The van der Waals surface area contributed by atoms with Crippen LogP contribution >= 0.6 is 7.60 Å². The second-order valence-electron chi connectivity index (χ2n) is 6.46. The predicted octanol–water partition coefficient (Wildman–Crippen LogP) is 3.19. The smallest absolute Gasteiger partial charge is 0.332 e. The summed E-state index contributed by atoms with van der Waals surface area (Å²) < 4.78 is 25.7. The van der Waals surface area contributed by atoms with Crippen molar-refractivity contribution in [2.24, 2.45) is 5.73 Å². The van der Waals surface area contributed by atoms with Gasteiger partial charge >= 0.3 is 7.60 Å². The summed E-state index contributed by atoms with van der Waals surface area (Å²) in [5, 5.41) is 0. The summed E-state index contributed by atoms with van der Waals surface area (Å²) >= 11 is 0. The van der Waals surface area contributed by atoms with Gasteiger partial charge in [-0.1, -0.05) is 19.8 Å². The second kappa shape index (κ2) is 9.53. The molecule has 9 heteroatoms. The van der Waals surface area contributed by atoms with Crippen molar-refractivity contribution in [2.75, 3.05) is 37.4 Å². The lowest BCUT2D eigenvalue weighted by atomic mass is 10.1. The van der Waals surface area contributed by atoms with E-state index in [0.717, 1.165) is 38.8 Å². The minimum atomic E-state index is -3.19. The van der Waals surface area contributed by atoms with Gasteiger partial charge in [-0.2, -0.15) is 0 Å². The quantitative estimate of drug-likeness (QED) is 0.463. The first kappa shape index (κ1) is 20.9. The molecule has 2 N–H and O–H groups in total. The lowest BCUT2D eigenvalue weighted by Crippen LogP contribution is -2.36. The predicted molar refractivity (Wildman–Crippen MR) is 102 cm³/mol. The van der Waals surface area contributed by atoms with E-state index in [1.54, 1.807) is 20.0 Å². The van der Waals surface area contributed by atoms with E-state index in [1.807, 2.05) is 4.57 Å². The van der Waals surface area contributed by atoms with Crippen LogP contribution in [0.3, 0.4) is 0 Å². The van der Waals surface area contributed by atoms with E-state index in [-0.39, 0.29) is 17.9 Å². The average molecular weight is 386 g/mol. The Morgan fingerprint density at radius 1 is 1.31 bits per heavy atom. The van der Waals surface area contributed by atoms with E-state index in [2.05, 4.69) is 16.8 Å². The number of anilines is 1. The van der Waals surface area contributed by atoms with Crippen molar-refractivity contribution in [1.82, 2.24) is 9.55 Å². The molecular weight excluding hydrogens is 355 g/mol. The van der Waals surface area contributed by atoms with Crippen molar-refractivity contribution in [3.05, 3.63) is 11.9 Å². The van der Waals surface area contributed by atoms with Crippen LogP contribution in [0, 0.1) is 0 Å². The highest BCUT2D eigenvalue weighted by atomic mass is 31.2. The minimum Gasteiger partial charge on any atom is -0.364 e. The molecule has 0 radical (unpaired) electrons. The Bertz CT molecular complexity index is 639. The fourth-order valence-electron chi connectivity index (χ4n) is 3.29. The Kier molecular flexibility index (Phi) is 7.68. The third-order valence-corrected chi connectivity index (χ3v) is 6.66. The third kappa shape index (κ3) is 5.09. The van der Waals surface area contributed by atoms with Gasteiger partial charge in [0.2, 0.25) is 5.95 Å². The number of imidazole rings is 1. The van der Waals surface area contributed by atoms with Crippen molar-refractivity contribution >= 4 is 19.5 Å². The van der Waals surface area contributed by atoms with Crippen LogP contribution in [0.15, 0.2) is 6.20 Å². The molecule has 1 aromatic rings. The molecule has 0 saturated heterocycles. The number of rotatable bonds is 11. The standard InChI is InChI=1S/C17H31N4O4P/c1-4-7-8-10-20-11-9-14(13-26(23,24-5-2)25-6-3)21-12-15(16(18)22)19-17(20)21/h12,14H,4-11,13H2,1-3H3,(H2,18,22). The molecule has 1 aliphatic heterocycles. The zero-order valence-corrected chi connectivity index (χ0v) is 16.9. The number of nitrogens with two attached hydrogens (primary N) is 1. The van der Waals surface area contributed by atoms with Gasteiger partial charge < -0.3 is 24.2 Å². The topological polar surface area (TPSA) is 99.7 Å². The van der Waals surface area contributed by atoms with E-state index in [9.17, 15) is 9.36 Å². The van der Waals surface area contributed by atoms with Gasteiger partial charge in [0.15, 0.2) is 0 Å². The molecule has 2 heterocycles. The summed E-state index contributed by atoms with van der Waals surface area (Å²) in [6.45, 7) is 8.10. The lowest BCUT2D eigenvalue weighted by Gasteiger charge is -2.35. The fraction of sp³-hybridized carbons (Fsp3) is 0.765. The number of hydrogen-bond donors (Lipinski definition) is 1. The third-order valence-electron chi connectivity index (χ3n) is 4.49. The number of carbonyl (C=O) groups is 1. The summed E-state index contributed by atoms with van der Waals surface area (Å²) in [5.74, 6) is 0.155. The first-order chi connectivity index (χ1) is 12.4. The Balaban J connectivity index is 2.25. The maximum absolute atomic E-state index is 12.9. The highest BCUT2D eigenvalue weighted by Gasteiger charge is 2.34. The molecule has 1 aromatic heterocycles. The molecular formula is C17H31N4O4P. The second-order valence-corrected chi connectivity index (χ2v) is 8.57. The van der Waals surface area contributed by atoms with Gasteiger partial charge in [0.25, 0.3) is 5.91 Å². The SMILES string of the molecule is CCCCCN1CCC(CP(=O)(OCC)OCC)n2cc(C(N)=O)nc21. The maximum Gasteiger partial charge on any atom is 0.332 e. The monoisotopic (exact) mass is 386 g/mol. The van der Waals surface area contributed by atoms with Crippen LogP contribution in [0.4, 0.5) is 5.95 Å². The minimum absolute atomic E-state index is 0.100. The van der Waals surface area contributed by atoms with E-state index < -0.39 is 13.5 Å². The molecule has 0 spiro atoms. The maximum atomic E-state index is 12.9. The summed E-state index contributed by atoms with van der Waals surface area (Å²) in [6, 6.07) is -0.100. The van der Waals surface area contributed by atoms with Gasteiger partial charge in [-0.25, -0.2) is 4.98 Å². The van der Waals surface area contributed by atoms with Crippen molar-refractivity contribution in [3.8, 4) is 0 Å². The Morgan fingerprint density at radius 2 is 2.00 bits per heavy atom. The van der Waals surface area contributed by atoms with E-state index >= 15 is 0 Å². The van der Waals surface area contributed by atoms with E-state index in [0.29, 0.717) is 19.2 Å². The Morgan fingerprint density at radius 3 is 2.58 bits per heavy atom. The first-order valence-electron chi connectivity index (χ1n) is 9.45. The van der Waals surface area contributed by atoms with Crippen molar-refractivity contribution in [2.45, 2.75) is 52.5 Å². The van der Waals surface area contributed by atoms with Crippen LogP contribution in [-0.4, -0.2) is 47.9 Å². The van der Waals surface area contributed by atoms with Gasteiger partial charge in [-0.3, -0.25) is 9.36 Å². The molecule has 1 atom stereocenters. The van der Waals surface area contributed by atoms with E-state index in [4.69, 9.17) is 14.8 Å². The molecule has 1 unspecified atom stereocenters. The number of fused-ring (bicyclic) bond motifs is 1. The van der Waals surface area contributed by atoms with Crippen LogP contribution in [-0.2, 0) is 13.6 Å². The number of hydrogen-bond acceptors (Lipinski definition) is 6. The van der Waals surface area contributed by atoms with Crippen LogP contribution in [0.2, 0.25) is 0 Å². The number of nitrogens with zero attached hydrogens (tertiary/aromatic N) is 3. The lowest BCUT2D eigenvalue weighted by molar-refractivity contribution is 0.0996. The zero-order chi connectivity index (χ0) is 19.2. The molecule has 1 aliphatic rings. The summed E-state index contributed by atoms with van der Waals surface area (Å²) in [7, 11) is -3.19. The van der Waals surface area contributed by atoms with Gasteiger partial charge in [0.1, 0.15) is 5.69 Å². The molecule has 0 aliphatic carbocycles. The molecule has 1 amide bonds. The number of unbranched alkanes of at least 4 members (excludes halogenated alkanes) is 2. The molecule has 0 fully saturated rings. The Hall–Kier alpha value is -1.37. The highest BCUT2D eigenvalue weighted by molar-refractivity contribution is 7.53.